The van der Waals surface area contributed by atoms with E-state index < -0.39 is 0 Å². The maximum absolute atomic E-state index is 9.25. The lowest BCUT2D eigenvalue weighted by atomic mass is 9.86. The monoisotopic (exact) mass is 376 g/mol. The number of H-pyrrole nitrogens is 1. The molecule has 3 aromatic rings. The fourth-order valence-corrected chi connectivity index (χ4v) is 4.65. The quantitative estimate of drug-likeness (QED) is 0.401. The van der Waals surface area contributed by atoms with Gasteiger partial charge in [-0.05, 0) is 31.2 Å². The molecular formula is C20H24N8. The lowest BCUT2D eigenvalue weighted by molar-refractivity contribution is 0.216. The summed E-state index contributed by atoms with van der Waals surface area (Å²) >= 11 is 0. The SMILES string of the molecule is C[C@@H]1CCN(C(=NC#N)N2CCCC2)C[C@@H]1c1ncc2cnc3[nH]ccc3n12. The summed E-state index contributed by atoms with van der Waals surface area (Å²) in [6, 6.07) is 2.05. The molecule has 0 saturated carbocycles. The van der Waals surface area contributed by atoms with Gasteiger partial charge in [0.25, 0.3) is 0 Å². The highest BCUT2D eigenvalue weighted by Gasteiger charge is 2.34. The van der Waals surface area contributed by atoms with Crippen LogP contribution in [-0.2, 0) is 0 Å². The van der Waals surface area contributed by atoms with Crippen LogP contribution in [0.3, 0.4) is 0 Å². The van der Waals surface area contributed by atoms with Crippen molar-refractivity contribution < 1.29 is 0 Å². The van der Waals surface area contributed by atoms with Crippen LogP contribution in [0.2, 0.25) is 0 Å². The molecule has 0 aliphatic carbocycles. The summed E-state index contributed by atoms with van der Waals surface area (Å²) in [7, 11) is 0. The first-order valence-electron chi connectivity index (χ1n) is 10.0. The number of aliphatic imine (C=N–C) groups is 1. The Morgan fingerprint density at radius 3 is 2.86 bits per heavy atom. The highest BCUT2D eigenvalue weighted by Crippen LogP contribution is 2.33. The molecule has 8 heteroatoms. The van der Waals surface area contributed by atoms with Crippen molar-refractivity contribution in [2.45, 2.75) is 32.1 Å². The van der Waals surface area contributed by atoms with Crippen molar-refractivity contribution in [2.24, 2.45) is 10.9 Å². The van der Waals surface area contributed by atoms with Gasteiger partial charge in [-0.1, -0.05) is 6.92 Å². The number of aromatic amines is 1. The summed E-state index contributed by atoms with van der Waals surface area (Å²) in [5.74, 6) is 2.68. The number of piperidine rings is 1. The van der Waals surface area contributed by atoms with Gasteiger partial charge in [-0.2, -0.15) is 5.26 Å². The van der Waals surface area contributed by atoms with Crippen LogP contribution in [0.1, 0.15) is 37.9 Å². The van der Waals surface area contributed by atoms with Crippen molar-refractivity contribution in [1.29, 1.82) is 5.26 Å². The van der Waals surface area contributed by atoms with Crippen molar-refractivity contribution in [3.8, 4) is 6.19 Å². The number of rotatable bonds is 1. The summed E-state index contributed by atoms with van der Waals surface area (Å²) in [5, 5.41) is 9.25. The molecule has 0 bridgehead atoms. The van der Waals surface area contributed by atoms with Crippen LogP contribution in [-0.4, -0.2) is 61.3 Å². The van der Waals surface area contributed by atoms with Gasteiger partial charge in [-0.15, -0.1) is 4.99 Å². The maximum Gasteiger partial charge on any atom is 0.212 e. The van der Waals surface area contributed by atoms with Gasteiger partial charge in [0.2, 0.25) is 12.2 Å². The zero-order valence-corrected chi connectivity index (χ0v) is 16.0. The second kappa shape index (κ2) is 6.82. The van der Waals surface area contributed by atoms with E-state index in [4.69, 9.17) is 4.98 Å². The molecule has 1 N–H and O–H groups in total. The molecule has 0 aromatic carbocycles. The summed E-state index contributed by atoms with van der Waals surface area (Å²) in [6.45, 7) is 6.03. The Bertz CT molecular complexity index is 1060. The molecule has 2 aliphatic rings. The van der Waals surface area contributed by atoms with E-state index in [9.17, 15) is 5.26 Å². The van der Waals surface area contributed by atoms with Crippen LogP contribution in [0.4, 0.5) is 0 Å². The second-order valence-corrected chi connectivity index (χ2v) is 7.87. The standard InChI is InChI=1S/C20H24N8/c1-14-5-9-27(20(25-13-21)26-7-2-3-8-26)12-16(14)19-24-11-15-10-23-18-17(28(15)19)4-6-22-18/h4,6,10-11,14,16,22H,2-3,5,7-9,12H2,1H3/t14-,16+/m1/s1. The number of hydrogen-bond acceptors (Lipinski definition) is 4. The molecule has 2 aliphatic heterocycles. The average Bonchev–Trinajstić information content (AvgIpc) is 3.45. The molecule has 2 fully saturated rings. The topological polar surface area (TPSA) is 88.6 Å². The van der Waals surface area contributed by atoms with Crippen LogP contribution < -0.4 is 0 Å². The van der Waals surface area contributed by atoms with Crippen LogP contribution in [0, 0.1) is 17.4 Å². The Labute approximate surface area is 163 Å². The summed E-state index contributed by atoms with van der Waals surface area (Å²) in [4.78, 5) is 21.2. The minimum absolute atomic E-state index is 0.267. The smallest absolute Gasteiger partial charge is 0.212 e. The maximum atomic E-state index is 9.25. The number of hydrogen-bond donors (Lipinski definition) is 1. The molecule has 0 amide bonds. The molecule has 0 unspecified atom stereocenters. The Hall–Kier alpha value is -3.08. The number of fused-ring (bicyclic) bond motifs is 3. The molecule has 2 saturated heterocycles. The highest BCUT2D eigenvalue weighted by atomic mass is 15.4. The van der Waals surface area contributed by atoms with Crippen molar-refractivity contribution in [3.63, 3.8) is 0 Å². The molecule has 5 rings (SSSR count). The summed E-state index contributed by atoms with van der Waals surface area (Å²) in [5.41, 5.74) is 2.94. The average molecular weight is 376 g/mol. The zero-order valence-electron chi connectivity index (χ0n) is 16.0. The van der Waals surface area contributed by atoms with E-state index in [-0.39, 0.29) is 5.92 Å². The lowest BCUT2D eigenvalue weighted by Crippen LogP contribution is -2.49. The first-order valence-corrected chi connectivity index (χ1v) is 10.0. The molecule has 28 heavy (non-hydrogen) atoms. The molecule has 0 radical (unpaired) electrons. The van der Waals surface area contributed by atoms with Crippen LogP contribution in [0.5, 0.6) is 0 Å². The van der Waals surface area contributed by atoms with E-state index >= 15 is 0 Å². The number of nitrogens with zero attached hydrogens (tertiary/aromatic N) is 7. The van der Waals surface area contributed by atoms with Gasteiger partial charge in [0.05, 0.1) is 23.4 Å². The zero-order chi connectivity index (χ0) is 19.1. The van der Waals surface area contributed by atoms with Crippen molar-refractivity contribution in [3.05, 3.63) is 30.5 Å². The van der Waals surface area contributed by atoms with E-state index in [0.29, 0.717) is 5.92 Å². The molecule has 5 heterocycles. The van der Waals surface area contributed by atoms with E-state index in [2.05, 4.69) is 42.2 Å². The van der Waals surface area contributed by atoms with Gasteiger partial charge in [-0.3, -0.25) is 4.40 Å². The molecule has 3 aromatic heterocycles. The predicted molar refractivity (Wildman–Crippen MR) is 107 cm³/mol. The van der Waals surface area contributed by atoms with Gasteiger partial charge in [-0.25, -0.2) is 9.97 Å². The summed E-state index contributed by atoms with van der Waals surface area (Å²) in [6.07, 6.45) is 11.1. The third-order valence-corrected chi connectivity index (χ3v) is 6.20. The molecule has 8 nitrogen and oxygen atoms in total. The normalized spacial score (nSPS) is 23.6. The van der Waals surface area contributed by atoms with Gasteiger partial charge < -0.3 is 14.8 Å². The number of likely N-dealkylation sites (tertiary alicyclic amines) is 2. The minimum Gasteiger partial charge on any atom is -0.345 e. The van der Waals surface area contributed by atoms with Crippen LogP contribution in [0.25, 0.3) is 16.7 Å². The number of imidazole rings is 1. The Balaban J connectivity index is 1.53. The first-order chi connectivity index (χ1) is 13.8. The summed E-state index contributed by atoms with van der Waals surface area (Å²) < 4.78 is 2.22. The number of nitrogens with one attached hydrogen (secondary N) is 1. The molecular weight excluding hydrogens is 352 g/mol. The Morgan fingerprint density at radius 1 is 1.21 bits per heavy atom. The van der Waals surface area contributed by atoms with Gasteiger partial charge in [0.1, 0.15) is 5.82 Å². The van der Waals surface area contributed by atoms with Crippen LogP contribution in [0.15, 0.2) is 29.6 Å². The van der Waals surface area contributed by atoms with Crippen molar-refractivity contribution in [1.82, 2.24) is 29.2 Å². The third-order valence-electron chi connectivity index (χ3n) is 6.20. The van der Waals surface area contributed by atoms with Crippen LogP contribution >= 0.6 is 0 Å². The minimum atomic E-state index is 0.267. The molecule has 0 spiro atoms. The number of guanidine groups is 1. The van der Waals surface area contributed by atoms with E-state index in [0.717, 1.165) is 61.1 Å². The van der Waals surface area contributed by atoms with Crippen molar-refractivity contribution >= 4 is 22.6 Å². The fourth-order valence-electron chi connectivity index (χ4n) is 4.65. The Kier molecular flexibility index (Phi) is 4.15. The first kappa shape index (κ1) is 17.0. The highest BCUT2D eigenvalue weighted by molar-refractivity contribution is 5.81. The van der Waals surface area contributed by atoms with E-state index in [1.165, 1.54) is 12.8 Å². The predicted octanol–water partition coefficient (Wildman–Crippen LogP) is 2.57. The van der Waals surface area contributed by atoms with E-state index in [1.807, 2.05) is 24.8 Å². The van der Waals surface area contributed by atoms with Gasteiger partial charge in [0.15, 0.2) is 5.65 Å². The fraction of sp³-hybridized carbons (Fsp3) is 0.500. The molecule has 2 atom stereocenters. The largest absolute Gasteiger partial charge is 0.345 e. The number of aromatic nitrogens is 4. The van der Waals surface area contributed by atoms with Gasteiger partial charge in [0, 0.05) is 38.3 Å². The van der Waals surface area contributed by atoms with E-state index in [1.54, 1.807) is 0 Å². The van der Waals surface area contributed by atoms with Gasteiger partial charge >= 0.3 is 0 Å². The second-order valence-electron chi connectivity index (χ2n) is 7.87. The third kappa shape index (κ3) is 2.70. The number of nitriles is 1. The van der Waals surface area contributed by atoms with Crippen molar-refractivity contribution in [2.75, 3.05) is 26.2 Å². The molecule has 144 valence electrons. The Morgan fingerprint density at radius 2 is 2.04 bits per heavy atom. The lowest BCUT2D eigenvalue weighted by Gasteiger charge is -2.40.